The minimum atomic E-state index is 0.953. The van der Waals surface area contributed by atoms with Crippen molar-refractivity contribution in [2.24, 2.45) is 0 Å². The third kappa shape index (κ3) is 2.14. The van der Waals surface area contributed by atoms with Gasteiger partial charge < -0.3 is 0 Å². The molecular formula is C13H18S. The molecule has 0 atom stereocenters. The molecule has 14 heavy (non-hydrogen) atoms. The van der Waals surface area contributed by atoms with Gasteiger partial charge in [0.2, 0.25) is 0 Å². The molecule has 0 radical (unpaired) electrons. The molecule has 1 aromatic carbocycles. The molecule has 0 unspecified atom stereocenters. The fourth-order valence-corrected chi connectivity index (χ4v) is 3.34. The van der Waals surface area contributed by atoms with Crippen molar-refractivity contribution < 1.29 is 0 Å². The highest BCUT2D eigenvalue weighted by molar-refractivity contribution is 7.99. The molecule has 1 aromatic rings. The molecule has 1 aliphatic rings. The van der Waals surface area contributed by atoms with E-state index in [1.165, 1.54) is 36.1 Å². The first kappa shape index (κ1) is 10.1. The first-order chi connectivity index (χ1) is 6.77. The van der Waals surface area contributed by atoms with Crippen molar-refractivity contribution in [3.05, 3.63) is 34.9 Å². The summed E-state index contributed by atoms with van der Waals surface area (Å²) in [5.41, 5.74) is 4.47. The van der Waals surface area contributed by atoms with Crippen LogP contribution in [0.25, 0.3) is 0 Å². The fraction of sp³-hybridized carbons (Fsp3) is 0.538. The molecule has 2 rings (SSSR count). The van der Waals surface area contributed by atoms with Crippen LogP contribution < -0.4 is 0 Å². The quantitative estimate of drug-likeness (QED) is 0.718. The molecule has 0 aromatic heterocycles. The summed E-state index contributed by atoms with van der Waals surface area (Å²) in [6.07, 6.45) is 4.33. The molecule has 76 valence electrons. The molecule has 1 saturated carbocycles. The van der Waals surface area contributed by atoms with Crippen LogP contribution in [0.2, 0.25) is 0 Å². The maximum absolute atomic E-state index is 2.23. The van der Waals surface area contributed by atoms with Gasteiger partial charge in [0.05, 0.1) is 0 Å². The van der Waals surface area contributed by atoms with E-state index in [0.29, 0.717) is 0 Å². The lowest BCUT2D eigenvalue weighted by Gasteiger charge is -2.25. The minimum Gasteiger partial charge on any atom is -0.154 e. The molecule has 0 bridgehead atoms. The third-order valence-corrected chi connectivity index (χ3v) is 4.56. The summed E-state index contributed by atoms with van der Waals surface area (Å²) in [6.45, 7) is 4.45. The molecule has 0 heterocycles. The zero-order valence-electron chi connectivity index (χ0n) is 9.05. The maximum atomic E-state index is 2.23. The van der Waals surface area contributed by atoms with Gasteiger partial charge in [0.15, 0.2) is 0 Å². The molecule has 0 aliphatic heterocycles. The van der Waals surface area contributed by atoms with Crippen molar-refractivity contribution in [2.45, 2.75) is 44.1 Å². The second-order valence-electron chi connectivity index (χ2n) is 4.23. The Kier molecular flexibility index (Phi) is 3.17. The summed E-state index contributed by atoms with van der Waals surface area (Å²) in [4.78, 5) is 0. The van der Waals surface area contributed by atoms with Crippen LogP contribution in [0.5, 0.6) is 0 Å². The lowest BCUT2D eigenvalue weighted by molar-refractivity contribution is 0.522. The highest BCUT2D eigenvalue weighted by atomic mass is 32.2. The zero-order valence-corrected chi connectivity index (χ0v) is 9.86. The number of thioether (sulfide) groups is 1. The number of benzene rings is 1. The topological polar surface area (TPSA) is 0 Å². The largest absolute Gasteiger partial charge is 0.154 e. The summed E-state index contributed by atoms with van der Waals surface area (Å²) >= 11 is 2.14. The van der Waals surface area contributed by atoms with Crippen LogP contribution in [0.1, 0.15) is 36.0 Å². The summed E-state index contributed by atoms with van der Waals surface area (Å²) in [6, 6.07) is 6.61. The monoisotopic (exact) mass is 206 g/mol. The third-order valence-electron chi connectivity index (χ3n) is 3.16. The van der Waals surface area contributed by atoms with Crippen LogP contribution in [-0.2, 0) is 5.75 Å². The van der Waals surface area contributed by atoms with Crippen molar-refractivity contribution >= 4 is 11.8 Å². The Morgan fingerprint density at radius 2 is 1.86 bits per heavy atom. The summed E-state index contributed by atoms with van der Waals surface area (Å²) in [5, 5.41) is 0.953. The SMILES string of the molecule is Cc1cccc(C)c1CSC1CCC1. The summed E-state index contributed by atoms with van der Waals surface area (Å²) in [5.74, 6) is 1.21. The van der Waals surface area contributed by atoms with Crippen molar-refractivity contribution in [3.63, 3.8) is 0 Å². The average molecular weight is 206 g/mol. The molecule has 0 spiro atoms. The van der Waals surface area contributed by atoms with Gasteiger partial charge >= 0.3 is 0 Å². The average Bonchev–Trinajstić information content (AvgIpc) is 2.07. The van der Waals surface area contributed by atoms with E-state index in [-0.39, 0.29) is 0 Å². The lowest BCUT2D eigenvalue weighted by atomic mass is 10.00. The van der Waals surface area contributed by atoms with Crippen LogP contribution in [-0.4, -0.2) is 5.25 Å². The van der Waals surface area contributed by atoms with Crippen molar-refractivity contribution in [1.82, 2.24) is 0 Å². The molecule has 0 amide bonds. The molecule has 0 nitrogen and oxygen atoms in total. The highest BCUT2D eigenvalue weighted by Crippen LogP contribution is 2.34. The highest BCUT2D eigenvalue weighted by Gasteiger charge is 2.18. The number of hydrogen-bond acceptors (Lipinski definition) is 1. The number of rotatable bonds is 3. The molecule has 0 saturated heterocycles. The van der Waals surface area contributed by atoms with E-state index in [1.54, 1.807) is 5.56 Å². The molecule has 1 heteroatoms. The van der Waals surface area contributed by atoms with Gasteiger partial charge in [-0.25, -0.2) is 0 Å². The first-order valence-electron chi connectivity index (χ1n) is 5.44. The summed E-state index contributed by atoms with van der Waals surface area (Å²) < 4.78 is 0. The van der Waals surface area contributed by atoms with Gasteiger partial charge in [-0.1, -0.05) is 24.6 Å². The Morgan fingerprint density at radius 3 is 2.36 bits per heavy atom. The minimum absolute atomic E-state index is 0.953. The van der Waals surface area contributed by atoms with Crippen molar-refractivity contribution in [2.75, 3.05) is 0 Å². The Labute approximate surface area is 91.1 Å². The summed E-state index contributed by atoms with van der Waals surface area (Å²) in [7, 11) is 0. The van der Waals surface area contributed by atoms with Crippen LogP contribution in [0.15, 0.2) is 18.2 Å². The smallest absolute Gasteiger partial charge is 0.0192 e. The maximum Gasteiger partial charge on any atom is 0.0192 e. The van der Waals surface area contributed by atoms with E-state index in [4.69, 9.17) is 0 Å². The Bertz CT molecular complexity index is 293. The van der Waals surface area contributed by atoms with E-state index < -0.39 is 0 Å². The Hall–Kier alpha value is -0.430. The second kappa shape index (κ2) is 4.39. The van der Waals surface area contributed by atoms with E-state index in [1.807, 2.05) is 0 Å². The van der Waals surface area contributed by atoms with Gasteiger partial charge in [-0.2, -0.15) is 11.8 Å². The predicted molar refractivity (Wildman–Crippen MR) is 64.9 cm³/mol. The van der Waals surface area contributed by atoms with Gasteiger partial charge in [-0.15, -0.1) is 0 Å². The van der Waals surface area contributed by atoms with Crippen LogP contribution >= 0.6 is 11.8 Å². The first-order valence-corrected chi connectivity index (χ1v) is 6.49. The van der Waals surface area contributed by atoms with Gasteiger partial charge in [-0.05, 0) is 43.4 Å². The fourth-order valence-electron chi connectivity index (χ4n) is 1.82. The Balaban J connectivity index is 2.00. The number of hydrogen-bond donors (Lipinski definition) is 0. The zero-order chi connectivity index (χ0) is 9.97. The van der Waals surface area contributed by atoms with Gasteiger partial charge in [0.25, 0.3) is 0 Å². The van der Waals surface area contributed by atoms with E-state index in [0.717, 1.165) is 5.25 Å². The van der Waals surface area contributed by atoms with E-state index in [2.05, 4.69) is 43.8 Å². The lowest BCUT2D eigenvalue weighted by Crippen LogP contribution is -2.13. The molecular weight excluding hydrogens is 188 g/mol. The van der Waals surface area contributed by atoms with Gasteiger partial charge in [0, 0.05) is 11.0 Å². The Morgan fingerprint density at radius 1 is 1.21 bits per heavy atom. The molecule has 0 N–H and O–H groups in total. The van der Waals surface area contributed by atoms with E-state index in [9.17, 15) is 0 Å². The van der Waals surface area contributed by atoms with Crippen molar-refractivity contribution in [1.29, 1.82) is 0 Å². The van der Waals surface area contributed by atoms with E-state index >= 15 is 0 Å². The van der Waals surface area contributed by atoms with Crippen molar-refractivity contribution in [3.8, 4) is 0 Å². The van der Waals surface area contributed by atoms with Crippen LogP contribution in [0.4, 0.5) is 0 Å². The number of aryl methyl sites for hydroxylation is 2. The molecule has 1 aliphatic carbocycles. The normalized spacial score (nSPS) is 16.7. The molecule has 1 fully saturated rings. The van der Waals surface area contributed by atoms with Gasteiger partial charge in [0.1, 0.15) is 0 Å². The van der Waals surface area contributed by atoms with Crippen LogP contribution in [0.3, 0.4) is 0 Å². The predicted octanol–water partition coefficient (Wildman–Crippen LogP) is 4.09. The van der Waals surface area contributed by atoms with Gasteiger partial charge in [-0.3, -0.25) is 0 Å². The standard InChI is InChI=1S/C13H18S/c1-10-5-3-6-11(2)13(10)9-14-12-7-4-8-12/h3,5-6,12H,4,7-9H2,1-2H3. The van der Waals surface area contributed by atoms with Crippen LogP contribution in [0, 0.1) is 13.8 Å². The second-order valence-corrected chi connectivity index (χ2v) is 5.52.